The van der Waals surface area contributed by atoms with E-state index >= 15 is 4.39 Å². The first kappa shape index (κ1) is 26.0. The second-order valence-corrected chi connectivity index (χ2v) is 9.94. The third-order valence-electron chi connectivity index (χ3n) is 7.36. The highest BCUT2D eigenvalue weighted by molar-refractivity contribution is 6.06. The first-order chi connectivity index (χ1) is 18.2. The summed E-state index contributed by atoms with van der Waals surface area (Å²) in [4.78, 5) is 26.1. The fraction of sp³-hybridized carbons (Fsp3) is 0.444. The average molecular weight is 533 g/mol. The van der Waals surface area contributed by atoms with Gasteiger partial charge in [0.15, 0.2) is 11.6 Å². The van der Waals surface area contributed by atoms with Crippen molar-refractivity contribution in [3.05, 3.63) is 69.4 Å². The summed E-state index contributed by atoms with van der Waals surface area (Å²) >= 11 is 0. The molecule has 2 aromatic carbocycles. The maximum atomic E-state index is 15.4. The van der Waals surface area contributed by atoms with E-state index in [1.165, 1.54) is 10.6 Å². The molecule has 7 nitrogen and oxygen atoms in total. The molecular weight excluding hydrogens is 504 g/mol. The van der Waals surface area contributed by atoms with Gasteiger partial charge in [0.2, 0.25) is 0 Å². The number of anilines is 1. The van der Waals surface area contributed by atoms with Crippen molar-refractivity contribution in [3.8, 4) is 11.4 Å². The minimum Gasteiger partial charge on any atom is -0.490 e. The molecule has 5 rings (SSSR count). The fourth-order valence-corrected chi connectivity index (χ4v) is 5.28. The highest BCUT2D eigenvalue weighted by Crippen LogP contribution is 2.33. The minimum atomic E-state index is -1.32. The van der Waals surface area contributed by atoms with E-state index in [9.17, 15) is 22.8 Å². The lowest BCUT2D eigenvalue weighted by Gasteiger charge is -2.29. The SMILES string of the molecule is C[C@H](Oc1cc(-n2nc3n(c2=O)CCCC3)c(F)cc1C(=O)Nc1c(F)cc(F)cc1F)C1CCCCC1. The number of hydrogen-bond acceptors (Lipinski definition) is 4. The summed E-state index contributed by atoms with van der Waals surface area (Å²) in [6.07, 6.45) is 6.96. The molecule has 3 aromatic rings. The Morgan fingerprint density at radius 1 is 1.00 bits per heavy atom. The molecule has 1 atom stereocenters. The van der Waals surface area contributed by atoms with E-state index in [4.69, 9.17) is 4.74 Å². The van der Waals surface area contributed by atoms with E-state index in [1.807, 2.05) is 6.92 Å². The quantitative estimate of drug-likeness (QED) is 0.424. The molecule has 0 bridgehead atoms. The van der Waals surface area contributed by atoms with Gasteiger partial charge in [0.1, 0.15) is 34.6 Å². The summed E-state index contributed by atoms with van der Waals surface area (Å²) in [6, 6.07) is 2.94. The third-order valence-corrected chi connectivity index (χ3v) is 7.36. The normalized spacial score (nSPS) is 16.7. The van der Waals surface area contributed by atoms with Gasteiger partial charge in [-0.2, -0.15) is 4.68 Å². The van der Waals surface area contributed by atoms with Crippen LogP contribution in [0.5, 0.6) is 5.75 Å². The first-order valence-corrected chi connectivity index (χ1v) is 12.9. The van der Waals surface area contributed by atoms with Crippen LogP contribution in [0.15, 0.2) is 29.1 Å². The van der Waals surface area contributed by atoms with Crippen LogP contribution >= 0.6 is 0 Å². The van der Waals surface area contributed by atoms with Gasteiger partial charge in [-0.15, -0.1) is 5.10 Å². The average Bonchev–Trinajstić information content (AvgIpc) is 3.23. The van der Waals surface area contributed by atoms with Crippen LogP contribution in [0.3, 0.4) is 0 Å². The van der Waals surface area contributed by atoms with Gasteiger partial charge in [-0.1, -0.05) is 19.3 Å². The Morgan fingerprint density at radius 2 is 1.71 bits per heavy atom. The summed E-state index contributed by atoms with van der Waals surface area (Å²) < 4.78 is 65.8. The smallest absolute Gasteiger partial charge is 0.350 e. The maximum absolute atomic E-state index is 15.4. The Labute approximate surface area is 216 Å². The van der Waals surface area contributed by atoms with E-state index < -0.39 is 40.6 Å². The molecule has 0 unspecified atom stereocenters. The van der Waals surface area contributed by atoms with Crippen molar-refractivity contribution >= 4 is 11.6 Å². The number of amides is 1. The Morgan fingerprint density at radius 3 is 2.39 bits per heavy atom. The number of carbonyl (C=O) groups excluding carboxylic acids is 1. The number of hydrogen-bond donors (Lipinski definition) is 1. The van der Waals surface area contributed by atoms with Gasteiger partial charge in [-0.05, 0) is 44.6 Å². The number of benzene rings is 2. The van der Waals surface area contributed by atoms with Crippen LogP contribution in [-0.4, -0.2) is 26.4 Å². The monoisotopic (exact) mass is 532 g/mol. The molecule has 202 valence electrons. The molecule has 2 heterocycles. The molecule has 2 aliphatic rings. The number of aryl methyl sites for hydroxylation is 1. The molecule has 0 saturated heterocycles. The molecule has 1 aliphatic heterocycles. The summed E-state index contributed by atoms with van der Waals surface area (Å²) in [5.74, 6) is -5.09. The van der Waals surface area contributed by atoms with Crippen molar-refractivity contribution in [1.82, 2.24) is 14.3 Å². The van der Waals surface area contributed by atoms with Crippen molar-refractivity contribution in [1.29, 1.82) is 0 Å². The van der Waals surface area contributed by atoms with Gasteiger partial charge >= 0.3 is 5.69 Å². The van der Waals surface area contributed by atoms with Crippen LogP contribution in [0.2, 0.25) is 0 Å². The zero-order valence-electron chi connectivity index (χ0n) is 20.9. The predicted octanol–water partition coefficient (Wildman–Crippen LogP) is 5.53. The van der Waals surface area contributed by atoms with Crippen molar-refractivity contribution in [3.63, 3.8) is 0 Å². The number of carbonyl (C=O) groups is 1. The van der Waals surface area contributed by atoms with Crippen LogP contribution in [-0.2, 0) is 13.0 Å². The summed E-state index contributed by atoms with van der Waals surface area (Å²) in [5.41, 5.74) is -1.89. The number of nitrogens with zero attached hydrogens (tertiary/aromatic N) is 3. The van der Waals surface area contributed by atoms with E-state index in [2.05, 4.69) is 10.4 Å². The van der Waals surface area contributed by atoms with Crippen molar-refractivity contribution in [2.24, 2.45) is 5.92 Å². The molecule has 1 fully saturated rings. The molecular formula is C27H28F4N4O3. The molecule has 1 aromatic heterocycles. The Bertz CT molecular complexity index is 1410. The lowest BCUT2D eigenvalue weighted by Crippen LogP contribution is -2.28. The van der Waals surface area contributed by atoms with E-state index in [0.717, 1.165) is 55.7 Å². The largest absolute Gasteiger partial charge is 0.490 e. The van der Waals surface area contributed by atoms with Gasteiger partial charge < -0.3 is 10.1 Å². The molecule has 1 saturated carbocycles. The first-order valence-electron chi connectivity index (χ1n) is 12.9. The Balaban J connectivity index is 1.55. The Hall–Kier alpha value is -3.63. The lowest BCUT2D eigenvalue weighted by atomic mass is 9.86. The van der Waals surface area contributed by atoms with Crippen LogP contribution < -0.4 is 15.7 Å². The third kappa shape index (κ3) is 5.06. The summed E-state index contributed by atoms with van der Waals surface area (Å²) in [6.45, 7) is 2.33. The predicted molar refractivity (Wildman–Crippen MR) is 132 cm³/mol. The van der Waals surface area contributed by atoms with Crippen LogP contribution in [0, 0.1) is 29.2 Å². The number of nitrogens with one attached hydrogen (secondary N) is 1. The molecule has 1 aliphatic carbocycles. The topological polar surface area (TPSA) is 78.2 Å². The highest BCUT2D eigenvalue weighted by Gasteiger charge is 2.27. The second-order valence-electron chi connectivity index (χ2n) is 9.94. The fourth-order valence-electron chi connectivity index (χ4n) is 5.28. The summed E-state index contributed by atoms with van der Waals surface area (Å²) in [7, 11) is 0. The van der Waals surface area contributed by atoms with Crippen molar-refractivity contribution in [2.45, 2.75) is 70.9 Å². The zero-order valence-corrected chi connectivity index (χ0v) is 20.9. The molecule has 1 N–H and O–H groups in total. The van der Waals surface area contributed by atoms with Crippen LogP contribution in [0.1, 0.15) is 68.1 Å². The molecule has 0 spiro atoms. The number of ether oxygens (including phenoxy) is 1. The van der Waals surface area contributed by atoms with E-state index in [1.54, 1.807) is 0 Å². The molecule has 0 radical (unpaired) electrons. The number of rotatable bonds is 6. The molecule has 38 heavy (non-hydrogen) atoms. The summed E-state index contributed by atoms with van der Waals surface area (Å²) in [5, 5.41) is 6.36. The number of fused-ring (bicyclic) bond motifs is 1. The van der Waals surface area contributed by atoms with Gasteiger partial charge in [-0.3, -0.25) is 9.36 Å². The van der Waals surface area contributed by atoms with Crippen molar-refractivity contribution in [2.75, 3.05) is 5.32 Å². The van der Waals surface area contributed by atoms with Crippen molar-refractivity contribution < 1.29 is 27.1 Å². The van der Waals surface area contributed by atoms with Crippen LogP contribution in [0.4, 0.5) is 23.2 Å². The van der Waals surface area contributed by atoms with Gasteiger partial charge in [0, 0.05) is 31.2 Å². The van der Waals surface area contributed by atoms with Gasteiger partial charge in [0.05, 0.1) is 11.7 Å². The zero-order chi connectivity index (χ0) is 27.0. The second kappa shape index (κ2) is 10.6. The van der Waals surface area contributed by atoms with Crippen LogP contribution in [0.25, 0.3) is 5.69 Å². The Kier molecular flexibility index (Phi) is 7.27. The van der Waals surface area contributed by atoms with E-state index in [0.29, 0.717) is 30.9 Å². The maximum Gasteiger partial charge on any atom is 0.350 e. The number of halogens is 4. The van der Waals surface area contributed by atoms with Gasteiger partial charge in [0.25, 0.3) is 5.91 Å². The highest BCUT2D eigenvalue weighted by atomic mass is 19.1. The lowest BCUT2D eigenvalue weighted by molar-refractivity contribution is 0.0996. The molecule has 11 heteroatoms. The van der Waals surface area contributed by atoms with Gasteiger partial charge in [-0.25, -0.2) is 22.4 Å². The number of aromatic nitrogens is 3. The standard InChI is InChI=1S/C27H28F4N4O3/c1-15(16-7-3-2-4-8-16)38-23-14-22(35-27(37)34-10-6-5-9-24(34)33-35)19(29)13-18(23)26(36)32-25-20(30)11-17(28)12-21(25)31/h11-16H,2-10H2,1H3,(H,32,36)/t15-/m0/s1. The minimum absolute atomic E-state index is 0.0576. The molecule has 1 amide bonds. The van der Waals surface area contributed by atoms with E-state index in [-0.39, 0.29) is 29.0 Å².